The van der Waals surface area contributed by atoms with E-state index in [9.17, 15) is 26.4 Å². The van der Waals surface area contributed by atoms with Crippen molar-refractivity contribution in [1.82, 2.24) is 9.78 Å². The third-order valence-corrected chi connectivity index (χ3v) is 5.64. The molecule has 1 atom stereocenters. The molecule has 1 unspecified atom stereocenters. The highest BCUT2D eigenvalue weighted by Gasteiger charge is 2.33. The van der Waals surface area contributed by atoms with E-state index in [0.717, 1.165) is 25.3 Å². The van der Waals surface area contributed by atoms with Gasteiger partial charge in [-0.05, 0) is 43.4 Å². The number of alkyl halides is 3. The fourth-order valence-electron chi connectivity index (χ4n) is 2.80. The van der Waals surface area contributed by atoms with E-state index < -0.39 is 28.1 Å². The molecule has 1 aliphatic rings. The molecule has 0 N–H and O–H groups in total. The van der Waals surface area contributed by atoms with Gasteiger partial charge in [0, 0.05) is 11.8 Å². The maximum absolute atomic E-state index is 12.7. The van der Waals surface area contributed by atoms with E-state index in [1.54, 1.807) is 6.92 Å². The molecule has 0 spiro atoms. The Kier molecular flexibility index (Phi) is 5.26. The topological polar surface area (TPSA) is 78.3 Å². The summed E-state index contributed by atoms with van der Waals surface area (Å²) in [5.74, 6) is 0.0369. The molecule has 6 nitrogen and oxygen atoms in total. The molecule has 1 aliphatic carbocycles. The summed E-state index contributed by atoms with van der Waals surface area (Å²) < 4.78 is 67.5. The van der Waals surface area contributed by atoms with Crippen molar-refractivity contribution in [3.63, 3.8) is 0 Å². The van der Waals surface area contributed by atoms with Crippen LogP contribution in [0.25, 0.3) is 11.1 Å². The third-order valence-electron chi connectivity index (χ3n) is 4.51. The predicted octanol–water partition coefficient (Wildman–Crippen LogP) is 3.05. The Bertz CT molecular complexity index is 1030. The molecule has 1 fully saturated rings. The summed E-state index contributed by atoms with van der Waals surface area (Å²) in [6.45, 7) is 0.246. The molecular weight excluding hydrogens is 397 g/mol. The van der Waals surface area contributed by atoms with Crippen LogP contribution in [-0.4, -0.2) is 36.7 Å². The first-order valence-electron chi connectivity index (χ1n) is 8.60. The zero-order chi connectivity index (χ0) is 20.7. The lowest BCUT2D eigenvalue weighted by atomic mass is 10.1. The number of rotatable bonds is 6. The molecule has 0 radical (unpaired) electrons. The second-order valence-electron chi connectivity index (χ2n) is 6.92. The number of hydrogen-bond acceptors (Lipinski definition) is 5. The SMILES string of the molecule is CC(Oc1c(-c2ccc(S(C)(=O)=O)cc2)cnn(CC(F)(F)F)c1=O)C1CC1. The number of nitrogens with zero attached hydrogens (tertiary/aromatic N) is 2. The van der Waals surface area contributed by atoms with Crippen LogP contribution in [0.2, 0.25) is 0 Å². The van der Waals surface area contributed by atoms with Crippen LogP contribution in [0.3, 0.4) is 0 Å². The summed E-state index contributed by atoms with van der Waals surface area (Å²) >= 11 is 0. The van der Waals surface area contributed by atoms with Crippen molar-refractivity contribution in [2.24, 2.45) is 5.92 Å². The van der Waals surface area contributed by atoms with Gasteiger partial charge in [-0.25, -0.2) is 13.1 Å². The van der Waals surface area contributed by atoms with Gasteiger partial charge < -0.3 is 4.74 Å². The minimum absolute atomic E-state index is 0.0865. The summed E-state index contributed by atoms with van der Waals surface area (Å²) in [6.07, 6.45) is -0.869. The normalized spacial score (nSPS) is 16.0. The maximum Gasteiger partial charge on any atom is 0.408 e. The number of hydrogen-bond donors (Lipinski definition) is 0. The largest absolute Gasteiger partial charge is 0.484 e. The Hall–Kier alpha value is -2.36. The van der Waals surface area contributed by atoms with Gasteiger partial charge in [-0.2, -0.15) is 18.3 Å². The zero-order valence-electron chi connectivity index (χ0n) is 15.2. The van der Waals surface area contributed by atoms with Crippen LogP contribution in [0.5, 0.6) is 5.75 Å². The molecule has 0 amide bonds. The number of benzene rings is 1. The van der Waals surface area contributed by atoms with E-state index in [4.69, 9.17) is 4.74 Å². The van der Waals surface area contributed by atoms with Crippen LogP contribution in [0.15, 0.2) is 40.2 Å². The standard InChI is InChI=1S/C18H19F3N2O4S/c1-11(12-3-4-12)27-16-15(9-22-23(17(16)24)10-18(19,20)21)13-5-7-14(8-6-13)28(2,25)26/h5-9,11-12H,3-4,10H2,1-2H3. The van der Waals surface area contributed by atoms with E-state index in [1.165, 1.54) is 24.3 Å². The van der Waals surface area contributed by atoms with Crippen LogP contribution in [0.4, 0.5) is 13.2 Å². The van der Waals surface area contributed by atoms with Gasteiger partial charge in [-0.15, -0.1) is 0 Å². The summed E-state index contributed by atoms with van der Waals surface area (Å²) in [5.41, 5.74) is -0.334. The smallest absolute Gasteiger partial charge is 0.408 e. The highest BCUT2D eigenvalue weighted by Crippen LogP contribution is 2.36. The lowest BCUT2D eigenvalue weighted by Crippen LogP contribution is -2.32. The molecule has 152 valence electrons. The van der Waals surface area contributed by atoms with E-state index in [-0.39, 0.29) is 28.2 Å². The zero-order valence-corrected chi connectivity index (χ0v) is 16.0. The van der Waals surface area contributed by atoms with E-state index in [1.807, 2.05) is 0 Å². The Morgan fingerprint density at radius 2 is 1.86 bits per heavy atom. The molecule has 2 aromatic rings. The van der Waals surface area contributed by atoms with E-state index in [2.05, 4.69) is 5.10 Å². The monoisotopic (exact) mass is 416 g/mol. The molecule has 3 rings (SSSR count). The fourth-order valence-corrected chi connectivity index (χ4v) is 3.43. The summed E-state index contributed by atoms with van der Waals surface area (Å²) in [5, 5.41) is 3.63. The molecule has 0 bridgehead atoms. The number of halogens is 3. The first-order valence-corrected chi connectivity index (χ1v) is 10.5. The van der Waals surface area contributed by atoms with Crippen molar-refractivity contribution < 1.29 is 26.3 Å². The molecule has 1 aromatic carbocycles. The van der Waals surface area contributed by atoms with Gasteiger partial charge in [0.2, 0.25) is 0 Å². The van der Waals surface area contributed by atoms with Gasteiger partial charge >= 0.3 is 11.7 Å². The minimum atomic E-state index is -4.60. The lowest BCUT2D eigenvalue weighted by molar-refractivity contribution is -0.143. The predicted molar refractivity (Wildman–Crippen MR) is 95.9 cm³/mol. The van der Waals surface area contributed by atoms with Gasteiger partial charge in [-0.1, -0.05) is 12.1 Å². The van der Waals surface area contributed by atoms with Crippen molar-refractivity contribution in [1.29, 1.82) is 0 Å². The van der Waals surface area contributed by atoms with Crippen LogP contribution in [0.1, 0.15) is 19.8 Å². The Balaban J connectivity index is 2.06. The third kappa shape index (κ3) is 4.73. The minimum Gasteiger partial charge on any atom is -0.484 e. The number of ether oxygens (including phenoxy) is 1. The Morgan fingerprint density at radius 3 is 2.36 bits per heavy atom. The Labute approximate surface area is 159 Å². The molecule has 0 saturated heterocycles. The molecule has 28 heavy (non-hydrogen) atoms. The van der Waals surface area contributed by atoms with Crippen molar-refractivity contribution >= 4 is 9.84 Å². The molecule has 0 aliphatic heterocycles. The van der Waals surface area contributed by atoms with Crippen LogP contribution < -0.4 is 10.3 Å². The molecule has 10 heteroatoms. The quantitative estimate of drug-likeness (QED) is 0.723. The molecule has 1 heterocycles. The highest BCUT2D eigenvalue weighted by atomic mass is 32.2. The van der Waals surface area contributed by atoms with Crippen LogP contribution in [-0.2, 0) is 16.4 Å². The summed E-state index contributed by atoms with van der Waals surface area (Å²) in [7, 11) is -3.41. The van der Waals surface area contributed by atoms with Gasteiger partial charge in [0.1, 0.15) is 6.54 Å². The first kappa shape index (κ1) is 20.4. The Morgan fingerprint density at radius 1 is 1.25 bits per heavy atom. The fraction of sp³-hybridized carbons (Fsp3) is 0.444. The maximum atomic E-state index is 12.7. The second kappa shape index (κ2) is 7.23. The molecular formula is C18H19F3N2O4S. The molecule has 1 aromatic heterocycles. The molecule has 1 saturated carbocycles. The van der Waals surface area contributed by atoms with Crippen molar-refractivity contribution in [3.05, 3.63) is 40.8 Å². The van der Waals surface area contributed by atoms with Crippen LogP contribution in [0, 0.1) is 5.92 Å². The van der Waals surface area contributed by atoms with Gasteiger partial charge in [-0.3, -0.25) is 4.79 Å². The summed E-state index contributed by atoms with van der Waals surface area (Å²) in [4.78, 5) is 12.7. The van der Waals surface area contributed by atoms with Crippen molar-refractivity contribution in [2.45, 2.75) is 43.5 Å². The summed E-state index contributed by atoms with van der Waals surface area (Å²) in [6, 6.07) is 5.66. The number of aromatic nitrogens is 2. The van der Waals surface area contributed by atoms with Crippen LogP contribution >= 0.6 is 0 Å². The number of sulfone groups is 1. The van der Waals surface area contributed by atoms with Gasteiger partial charge in [0.25, 0.3) is 0 Å². The second-order valence-corrected chi connectivity index (χ2v) is 8.94. The van der Waals surface area contributed by atoms with Gasteiger partial charge in [0.15, 0.2) is 15.6 Å². The van der Waals surface area contributed by atoms with Crippen molar-refractivity contribution in [2.75, 3.05) is 6.26 Å². The average molecular weight is 416 g/mol. The van der Waals surface area contributed by atoms with E-state index >= 15 is 0 Å². The highest BCUT2D eigenvalue weighted by molar-refractivity contribution is 7.90. The average Bonchev–Trinajstić information content (AvgIpc) is 3.42. The lowest BCUT2D eigenvalue weighted by Gasteiger charge is -2.18. The van der Waals surface area contributed by atoms with E-state index in [0.29, 0.717) is 10.2 Å². The van der Waals surface area contributed by atoms with Crippen molar-refractivity contribution in [3.8, 4) is 16.9 Å². The van der Waals surface area contributed by atoms with Gasteiger partial charge in [0.05, 0.1) is 17.2 Å². The first-order chi connectivity index (χ1) is 13.0.